The number of hydrogen-bond acceptors (Lipinski definition) is 6. The van der Waals surface area contributed by atoms with Gasteiger partial charge in [0.05, 0.1) is 17.1 Å². The lowest BCUT2D eigenvalue weighted by molar-refractivity contribution is 0.230. The fourth-order valence-corrected chi connectivity index (χ4v) is 3.08. The minimum atomic E-state index is 0.477. The van der Waals surface area contributed by atoms with E-state index in [1.54, 1.807) is 29.7 Å². The highest BCUT2D eigenvalue weighted by atomic mass is 35.5. The van der Waals surface area contributed by atoms with Crippen LogP contribution in [0.15, 0.2) is 39.5 Å². The van der Waals surface area contributed by atoms with Crippen molar-refractivity contribution in [2.45, 2.75) is 20.0 Å². The Bertz CT molecular complexity index is 693. The number of nitrogens with zero attached hydrogens (tertiary/aromatic N) is 3. The second kappa shape index (κ2) is 6.43. The van der Waals surface area contributed by atoms with Crippen molar-refractivity contribution in [1.29, 1.82) is 0 Å². The second-order valence-corrected chi connectivity index (χ2v) is 6.30. The first-order valence-electron chi connectivity index (χ1n) is 6.57. The van der Waals surface area contributed by atoms with Crippen LogP contribution in [0, 0.1) is 0 Å². The van der Waals surface area contributed by atoms with Crippen LogP contribution in [0.3, 0.4) is 0 Å². The van der Waals surface area contributed by atoms with Gasteiger partial charge in [-0.1, -0.05) is 23.7 Å². The van der Waals surface area contributed by atoms with Gasteiger partial charge in [-0.2, -0.15) is 4.98 Å². The van der Waals surface area contributed by atoms with Crippen molar-refractivity contribution in [3.05, 3.63) is 45.6 Å². The largest absolute Gasteiger partial charge is 0.461 e. The van der Waals surface area contributed by atoms with Gasteiger partial charge < -0.3 is 8.94 Å². The first-order chi connectivity index (χ1) is 10.2. The monoisotopic (exact) mass is 323 g/mol. The summed E-state index contributed by atoms with van der Waals surface area (Å²) in [6.07, 6.45) is 1.59. The molecule has 3 heterocycles. The number of rotatable bonds is 6. The van der Waals surface area contributed by atoms with Gasteiger partial charge >= 0.3 is 0 Å². The van der Waals surface area contributed by atoms with Gasteiger partial charge in [-0.15, -0.1) is 11.3 Å². The van der Waals surface area contributed by atoms with Crippen LogP contribution in [-0.2, 0) is 13.1 Å². The molecule has 0 atom stereocenters. The van der Waals surface area contributed by atoms with Crippen molar-refractivity contribution < 1.29 is 8.94 Å². The standard InChI is InChI=1S/C14H14ClN3O2S/c1-2-18(8-10-5-6-12(15)21-10)9-13-16-14(17-20-13)11-4-3-7-19-11/h3-7H,2,8-9H2,1H3. The number of furan rings is 1. The van der Waals surface area contributed by atoms with Crippen LogP contribution >= 0.6 is 22.9 Å². The summed E-state index contributed by atoms with van der Waals surface area (Å²) < 4.78 is 11.3. The molecule has 0 fully saturated rings. The fourth-order valence-electron chi connectivity index (χ4n) is 1.95. The van der Waals surface area contributed by atoms with E-state index in [1.165, 1.54) is 4.88 Å². The molecule has 3 rings (SSSR count). The third kappa shape index (κ3) is 3.53. The molecule has 0 aliphatic carbocycles. The highest BCUT2D eigenvalue weighted by Gasteiger charge is 2.14. The number of thiophene rings is 1. The summed E-state index contributed by atoms with van der Waals surface area (Å²) >= 11 is 7.54. The van der Waals surface area contributed by atoms with E-state index in [9.17, 15) is 0 Å². The van der Waals surface area contributed by atoms with E-state index >= 15 is 0 Å². The Morgan fingerprint density at radius 2 is 2.19 bits per heavy atom. The molecule has 0 aromatic carbocycles. The van der Waals surface area contributed by atoms with Crippen molar-refractivity contribution in [3.63, 3.8) is 0 Å². The molecule has 3 aromatic heterocycles. The van der Waals surface area contributed by atoms with E-state index < -0.39 is 0 Å². The highest BCUT2D eigenvalue weighted by molar-refractivity contribution is 7.16. The zero-order valence-electron chi connectivity index (χ0n) is 11.5. The zero-order chi connectivity index (χ0) is 14.7. The summed E-state index contributed by atoms with van der Waals surface area (Å²) in [6, 6.07) is 7.55. The van der Waals surface area contributed by atoms with Crippen LogP contribution in [0.2, 0.25) is 4.34 Å². The predicted octanol–water partition coefficient (Wildman–Crippen LogP) is 4.07. The summed E-state index contributed by atoms with van der Waals surface area (Å²) in [5.41, 5.74) is 0. The van der Waals surface area contributed by atoms with E-state index in [1.807, 2.05) is 12.1 Å². The van der Waals surface area contributed by atoms with E-state index in [2.05, 4.69) is 22.0 Å². The number of aromatic nitrogens is 2. The molecule has 21 heavy (non-hydrogen) atoms. The minimum absolute atomic E-state index is 0.477. The average Bonchev–Trinajstić information content (AvgIpc) is 3.19. The SMILES string of the molecule is CCN(Cc1nc(-c2ccco2)no1)Cc1ccc(Cl)s1. The normalized spacial score (nSPS) is 11.4. The second-order valence-electron chi connectivity index (χ2n) is 4.50. The van der Waals surface area contributed by atoms with Crippen molar-refractivity contribution in [3.8, 4) is 11.6 Å². The third-order valence-corrected chi connectivity index (χ3v) is 4.24. The summed E-state index contributed by atoms with van der Waals surface area (Å²) in [4.78, 5) is 7.78. The lowest BCUT2D eigenvalue weighted by Gasteiger charge is -2.16. The van der Waals surface area contributed by atoms with E-state index in [0.29, 0.717) is 24.0 Å². The molecular formula is C14H14ClN3O2S. The Kier molecular flexibility index (Phi) is 4.38. The van der Waals surface area contributed by atoms with Crippen molar-refractivity contribution in [2.75, 3.05) is 6.54 Å². The molecule has 0 aliphatic heterocycles. The summed E-state index contributed by atoms with van der Waals surface area (Å²) in [5.74, 6) is 1.66. The van der Waals surface area contributed by atoms with Crippen molar-refractivity contribution >= 4 is 22.9 Å². The first kappa shape index (κ1) is 14.3. The van der Waals surface area contributed by atoms with Crippen LogP contribution < -0.4 is 0 Å². The molecule has 5 nitrogen and oxygen atoms in total. The maximum absolute atomic E-state index is 5.96. The predicted molar refractivity (Wildman–Crippen MR) is 81.1 cm³/mol. The van der Waals surface area contributed by atoms with Gasteiger partial charge in [0, 0.05) is 11.4 Å². The van der Waals surface area contributed by atoms with Crippen molar-refractivity contribution in [2.24, 2.45) is 0 Å². The zero-order valence-corrected chi connectivity index (χ0v) is 13.0. The molecule has 0 bridgehead atoms. The molecule has 110 valence electrons. The lowest BCUT2D eigenvalue weighted by Crippen LogP contribution is -2.21. The molecule has 0 radical (unpaired) electrons. The maximum atomic E-state index is 5.96. The Morgan fingerprint density at radius 3 is 2.86 bits per heavy atom. The van der Waals surface area contributed by atoms with Gasteiger partial charge in [-0.25, -0.2) is 0 Å². The molecular weight excluding hydrogens is 310 g/mol. The highest BCUT2D eigenvalue weighted by Crippen LogP contribution is 2.23. The lowest BCUT2D eigenvalue weighted by atomic mass is 10.4. The van der Waals surface area contributed by atoms with Crippen LogP contribution in [0.1, 0.15) is 17.7 Å². The Morgan fingerprint density at radius 1 is 1.29 bits per heavy atom. The molecule has 0 spiro atoms. The van der Waals surface area contributed by atoms with E-state index in [4.69, 9.17) is 20.5 Å². The summed E-state index contributed by atoms with van der Waals surface area (Å²) in [5, 5.41) is 3.93. The quantitative estimate of drug-likeness (QED) is 0.684. The van der Waals surface area contributed by atoms with E-state index in [0.717, 1.165) is 17.4 Å². The van der Waals surface area contributed by atoms with Gasteiger partial charge in [0.1, 0.15) is 0 Å². The summed E-state index contributed by atoms with van der Waals surface area (Å²) in [6.45, 7) is 4.39. The van der Waals surface area contributed by atoms with Crippen LogP contribution in [-0.4, -0.2) is 21.6 Å². The van der Waals surface area contributed by atoms with Gasteiger partial charge in [-0.3, -0.25) is 4.90 Å². The van der Waals surface area contributed by atoms with Gasteiger partial charge in [0.2, 0.25) is 11.7 Å². The Balaban J connectivity index is 1.66. The molecule has 7 heteroatoms. The molecule has 0 N–H and O–H groups in total. The Hall–Kier alpha value is -1.63. The molecule has 0 amide bonds. The molecule has 0 unspecified atom stereocenters. The molecule has 0 aliphatic rings. The number of halogens is 1. The average molecular weight is 324 g/mol. The minimum Gasteiger partial charge on any atom is -0.461 e. The van der Waals surface area contributed by atoms with Gasteiger partial charge in [-0.05, 0) is 30.8 Å². The summed E-state index contributed by atoms with van der Waals surface area (Å²) in [7, 11) is 0. The van der Waals surface area contributed by atoms with Crippen LogP contribution in [0.5, 0.6) is 0 Å². The van der Waals surface area contributed by atoms with Gasteiger partial charge in [0.15, 0.2) is 5.76 Å². The molecule has 0 saturated heterocycles. The topological polar surface area (TPSA) is 55.3 Å². The smallest absolute Gasteiger partial charge is 0.241 e. The third-order valence-electron chi connectivity index (χ3n) is 3.02. The maximum Gasteiger partial charge on any atom is 0.241 e. The van der Waals surface area contributed by atoms with Crippen LogP contribution in [0.4, 0.5) is 0 Å². The first-order valence-corrected chi connectivity index (χ1v) is 7.77. The Labute approximate surface area is 131 Å². The fraction of sp³-hybridized carbons (Fsp3) is 0.286. The van der Waals surface area contributed by atoms with Gasteiger partial charge in [0.25, 0.3) is 0 Å². The van der Waals surface area contributed by atoms with Crippen LogP contribution in [0.25, 0.3) is 11.6 Å². The van der Waals surface area contributed by atoms with Crippen molar-refractivity contribution in [1.82, 2.24) is 15.0 Å². The molecule has 3 aromatic rings. The molecule has 0 saturated carbocycles. The number of hydrogen-bond donors (Lipinski definition) is 0. The van der Waals surface area contributed by atoms with E-state index in [-0.39, 0.29) is 0 Å².